The lowest BCUT2D eigenvalue weighted by Crippen LogP contribution is -2.49. The van der Waals surface area contributed by atoms with Crippen LogP contribution in [0.15, 0.2) is 0 Å². The van der Waals surface area contributed by atoms with Crippen molar-refractivity contribution in [2.24, 2.45) is 11.1 Å². The molecule has 0 spiro atoms. The summed E-state index contributed by atoms with van der Waals surface area (Å²) in [5.41, 5.74) is 5.71. The normalized spacial score (nSPS) is 25.1. The van der Waals surface area contributed by atoms with E-state index < -0.39 is 0 Å². The van der Waals surface area contributed by atoms with Gasteiger partial charge in [-0.25, -0.2) is 0 Å². The molecule has 3 nitrogen and oxygen atoms in total. The number of thioether (sulfide) groups is 1. The fourth-order valence-corrected chi connectivity index (χ4v) is 4.74. The van der Waals surface area contributed by atoms with Crippen LogP contribution >= 0.6 is 11.8 Å². The lowest BCUT2D eigenvalue weighted by molar-refractivity contribution is -0.131. The van der Waals surface area contributed by atoms with E-state index in [0.717, 1.165) is 32.2 Å². The van der Waals surface area contributed by atoms with E-state index >= 15 is 0 Å². The summed E-state index contributed by atoms with van der Waals surface area (Å²) < 4.78 is 0.288. The predicted molar refractivity (Wildman–Crippen MR) is 86.9 cm³/mol. The van der Waals surface area contributed by atoms with E-state index in [1.54, 1.807) is 0 Å². The van der Waals surface area contributed by atoms with Gasteiger partial charge in [-0.15, -0.1) is 0 Å². The first kappa shape index (κ1) is 16.2. The molecule has 0 aliphatic heterocycles. The summed E-state index contributed by atoms with van der Waals surface area (Å²) in [6, 6.07) is 0. The zero-order valence-corrected chi connectivity index (χ0v) is 13.7. The van der Waals surface area contributed by atoms with Crippen LogP contribution in [0.25, 0.3) is 0 Å². The summed E-state index contributed by atoms with van der Waals surface area (Å²) >= 11 is 1.93. The minimum Gasteiger partial charge on any atom is -0.354 e. The Bertz CT molecular complexity index is 318. The van der Waals surface area contributed by atoms with Gasteiger partial charge in [-0.3, -0.25) is 4.79 Å². The molecule has 0 aromatic carbocycles. The maximum atomic E-state index is 12.7. The molecule has 3 N–H and O–H groups in total. The van der Waals surface area contributed by atoms with Gasteiger partial charge in [0.1, 0.15) is 0 Å². The van der Waals surface area contributed by atoms with Crippen LogP contribution < -0.4 is 11.1 Å². The first-order valence-electron chi connectivity index (χ1n) is 8.20. The molecule has 2 aliphatic rings. The van der Waals surface area contributed by atoms with Crippen LogP contribution in [0.4, 0.5) is 0 Å². The highest BCUT2D eigenvalue weighted by molar-refractivity contribution is 8.00. The third kappa shape index (κ3) is 3.51. The van der Waals surface area contributed by atoms with Gasteiger partial charge < -0.3 is 11.1 Å². The SMILES string of the molecule is CSC1(CNC(=O)C2(CN)CCCCCC2)CCCC1. The maximum absolute atomic E-state index is 12.7. The summed E-state index contributed by atoms with van der Waals surface area (Å²) in [7, 11) is 0. The van der Waals surface area contributed by atoms with Gasteiger partial charge in [0.2, 0.25) is 5.91 Å². The number of hydrogen-bond donors (Lipinski definition) is 2. The average Bonchev–Trinajstić information content (AvgIpc) is 2.82. The summed E-state index contributed by atoms with van der Waals surface area (Å²) in [6.45, 7) is 1.33. The van der Waals surface area contributed by atoms with Gasteiger partial charge in [0.15, 0.2) is 0 Å². The number of carbonyl (C=O) groups excluding carboxylic acids is 1. The molecule has 0 saturated heterocycles. The number of amides is 1. The fraction of sp³-hybridized carbons (Fsp3) is 0.938. The zero-order valence-electron chi connectivity index (χ0n) is 12.9. The van der Waals surface area contributed by atoms with E-state index in [-0.39, 0.29) is 16.1 Å². The van der Waals surface area contributed by atoms with E-state index in [1.807, 2.05) is 11.8 Å². The molecule has 0 aromatic heterocycles. The molecular weight excluding hydrogens is 268 g/mol. The highest BCUT2D eigenvalue weighted by atomic mass is 32.2. The summed E-state index contributed by atoms with van der Waals surface area (Å²) in [6.07, 6.45) is 14.0. The standard InChI is InChI=1S/C16H30N2OS/c1-20-16(10-6-7-11-16)13-18-14(19)15(12-17)8-4-2-3-5-9-15/h2-13,17H2,1H3,(H,18,19). The molecule has 2 rings (SSSR count). The van der Waals surface area contributed by atoms with Crippen LogP contribution in [-0.2, 0) is 4.79 Å². The molecule has 2 saturated carbocycles. The van der Waals surface area contributed by atoms with Crippen molar-refractivity contribution in [3.05, 3.63) is 0 Å². The summed E-state index contributed by atoms with van der Waals surface area (Å²) in [4.78, 5) is 12.7. The minimum atomic E-state index is -0.283. The Hall–Kier alpha value is -0.220. The lowest BCUT2D eigenvalue weighted by Gasteiger charge is -2.33. The van der Waals surface area contributed by atoms with Gasteiger partial charge in [0.25, 0.3) is 0 Å². The Morgan fingerprint density at radius 3 is 2.10 bits per heavy atom. The Labute approximate surface area is 127 Å². The molecule has 1 amide bonds. The third-order valence-corrected chi connectivity index (χ3v) is 6.87. The minimum absolute atomic E-state index is 0.224. The molecule has 0 heterocycles. The fourth-order valence-electron chi connectivity index (χ4n) is 3.83. The van der Waals surface area contributed by atoms with Crippen LogP contribution in [0.1, 0.15) is 64.2 Å². The topological polar surface area (TPSA) is 55.1 Å². The van der Waals surface area contributed by atoms with E-state index in [1.165, 1.54) is 38.5 Å². The zero-order chi connectivity index (χ0) is 14.5. The Balaban J connectivity index is 1.95. The monoisotopic (exact) mass is 298 g/mol. The Morgan fingerprint density at radius 1 is 1.05 bits per heavy atom. The second kappa shape index (κ2) is 7.17. The molecule has 116 valence electrons. The van der Waals surface area contributed by atoms with Crippen molar-refractivity contribution in [1.29, 1.82) is 0 Å². The number of hydrogen-bond acceptors (Lipinski definition) is 3. The van der Waals surface area contributed by atoms with Gasteiger partial charge in [-0.1, -0.05) is 38.5 Å². The molecule has 20 heavy (non-hydrogen) atoms. The number of carbonyl (C=O) groups is 1. The summed E-state index contributed by atoms with van der Waals surface area (Å²) in [5, 5.41) is 3.27. The van der Waals surface area contributed by atoms with Crippen molar-refractivity contribution in [2.75, 3.05) is 19.3 Å². The first-order chi connectivity index (χ1) is 9.66. The van der Waals surface area contributed by atoms with Crippen LogP contribution in [0.3, 0.4) is 0 Å². The number of nitrogens with one attached hydrogen (secondary N) is 1. The van der Waals surface area contributed by atoms with E-state index in [9.17, 15) is 4.79 Å². The number of rotatable bonds is 5. The third-order valence-electron chi connectivity index (χ3n) is 5.45. The molecule has 0 atom stereocenters. The van der Waals surface area contributed by atoms with Crippen LogP contribution in [0.5, 0.6) is 0 Å². The van der Waals surface area contributed by atoms with Crippen molar-refractivity contribution in [3.63, 3.8) is 0 Å². The van der Waals surface area contributed by atoms with Crippen LogP contribution in [-0.4, -0.2) is 30.0 Å². The maximum Gasteiger partial charge on any atom is 0.227 e. The van der Waals surface area contributed by atoms with Crippen molar-refractivity contribution >= 4 is 17.7 Å². The van der Waals surface area contributed by atoms with Gasteiger partial charge in [0.05, 0.1) is 5.41 Å². The Kier molecular flexibility index (Phi) is 5.79. The lowest BCUT2D eigenvalue weighted by atomic mass is 9.79. The van der Waals surface area contributed by atoms with E-state index in [4.69, 9.17) is 5.73 Å². The Morgan fingerprint density at radius 2 is 1.60 bits per heavy atom. The van der Waals surface area contributed by atoms with Crippen molar-refractivity contribution in [3.8, 4) is 0 Å². The molecular formula is C16H30N2OS. The van der Waals surface area contributed by atoms with Crippen molar-refractivity contribution in [1.82, 2.24) is 5.32 Å². The average molecular weight is 298 g/mol. The van der Waals surface area contributed by atoms with Gasteiger partial charge in [-0.2, -0.15) is 11.8 Å². The highest BCUT2D eigenvalue weighted by Gasteiger charge is 2.39. The number of nitrogens with two attached hydrogens (primary N) is 1. The quantitative estimate of drug-likeness (QED) is 0.767. The predicted octanol–water partition coefficient (Wildman–Crippen LogP) is 3.08. The molecule has 2 aliphatic carbocycles. The van der Waals surface area contributed by atoms with Crippen molar-refractivity contribution < 1.29 is 4.79 Å². The second-order valence-electron chi connectivity index (χ2n) is 6.68. The van der Waals surface area contributed by atoms with Gasteiger partial charge in [0, 0.05) is 17.8 Å². The van der Waals surface area contributed by atoms with Gasteiger partial charge in [-0.05, 0) is 31.9 Å². The largest absolute Gasteiger partial charge is 0.354 e. The van der Waals surface area contributed by atoms with Crippen LogP contribution in [0.2, 0.25) is 0 Å². The van der Waals surface area contributed by atoms with Crippen molar-refractivity contribution in [2.45, 2.75) is 69.0 Å². The molecule has 0 unspecified atom stereocenters. The van der Waals surface area contributed by atoms with E-state index in [2.05, 4.69) is 11.6 Å². The first-order valence-corrected chi connectivity index (χ1v) is 9.42. The molecule has 2 fully saturated rings. The second-order valence-corrected chi connectivity index (χ2v) is 7.95. The molecule has 0 aromatic rings. The molecule has 0 radical (unpaired) electrons. The molecule has 0 bridgehead atoms. The molecule has 4 heteroatoms. The highest BCUT2D eigenvalue weighted by Crippen LogP contribution is 2.40. The summed E-state index contributed by atoms with van der Waals surface area (Å²) in [5.74, 6) is 0.224. The van der Waals surface area contributed by atoms with Crippen LogP contribution in [0, 0.1) is 5.41 Å². The smallest absolute Gasteiger partial charge is 0.227 e. The van der Waals surface area contributed by atoms with E-state index in [0.29, 0.717) is 6.54 Å². The van der Waals surface area contributed by atoms with Gasteiger partial charge >= 0.3 is 0 Å².